The maximum absolute atomic E-state index is 12.7. The van der Waals surface area contributed by atoms with Gasteiger partial charge in [-0.2, -0.15) is 0 Å². The van der Waals surface area contributed by atoms with E-state index in [0.29, 0.717) is 41.7 Å². The molecule has 7 nitrogen and oxygen atoms in total. The molecule has 5 rings (SSSR count). The third-order valence-electron chi connectivity index (χ3n) is 5.02. The fraction of sp³-hybridized carbons (Fsp3) is 0.125. The van der Waals surface area contributed by atoms with Crippen LogP contribution in [0.5, 0.6) is 17.2 Å². The first kappa shape index (κ1) is 21.2. The van der Waals surface area contributed by atoms with Gasteiger partial charge in [-0.1, -0.05) is 12.1 Å². The van der Waals surface area contributed by atoms with Crippen molar-refractivity contribution in [3.8, 4) is 27.8 Å². The summed E-state index contributed by atoms with van der Waals surface area (Å²) in [4.78, 5) is 17.4. The van der Waals surface area contributed by atoms with E-state index in [1.54, 1.807) is 36.6 Å². The molecule has 2 N–H and O–H groups in total. The zero-order valence-electron chi connectivity index (χ0n) is 17.6. The Balaban J connectivity index is 1.34. The van der Waals surface area contributed by atoms with Crippen LogP contribution in [0.25, 0.3) is 20.8 Å². The number of thiocarbonyl (C=S) groups is 1. The predicted octanol–water partition coefficient (Wildman–Crippen LogP) is 4.87. The predicted molar refractivity (Wildman–Crippen MR) is 133 cm³/mol. The van der Waals surface area contributed by atoms with Gasteiger partial charge >= 0.3 is 0 Å². The quantitative estimate of drug-likeness (QED) is 0.406. The van der Waals surface area contributed by atoms with Crippen molar-refractivity contribution in [3.63, 3.8) is 0 Å². The minimum absolute atomic E-state index is 0.148. The van der Waals surface area contributed by atoms with Gasteiger partial charge in [-0.25, -0.2) is 4.98 Å². The van der Waals surface area contributed by atoms with Gasteiger partial charge in [0.2, 0.25) is 0 Å². The molecule has 1 amide bonds. The molecule has 3 aromatic carbocycles. The molecule has 9 heteroatoms. The molecule has 0 unspecified atom stereocenters. The number of amides is 1. The Morgan fingerprint density at radius 3 is 2.70 bits per heavy atom. The summed E-state index contributed by atoms with van der Waals surface area (Å²) < 4.78 is 17.6. The van der Waals surface area contributed by atoms with E-state index in [1.165, 1.54) is 0 Å². The molecular formula is C24H19N3O4S2. The topological polar surface area (TPSA) is 81.7 Å². The highest BCUT2D eigenvalue weighted by Gasteiger charge is 2.17. The number of para-hydroxylation sites is 1. The number of methoxy groups -OCH3 is 1. The standard InChI is InChI=1S/C24H19N3O4S2/c1-29-18-8-7-15(23-25-16-4-2-3-5-21(16)33-23)12-17(18)26-24(32)27-22(28)14-6-9-19-20(13-14)31-11-10-30-19/h2-9,12-13H,10-11H2,1H3,(H2,26,27,28,32). The number of rotatable bonds is 4. The Labute approximate surface area is 199 Å². The molecule has 33 heavy (non-hydrogen) atoms. The minimum atomic E-state index is -0.356. The van der Waals surface area contributed by atoms with Crippen LogP contribution < -0.4 is 24.8 Å². The molecular weight excluding hydrogens is 458 g/mol. The molecule has 0 saturated carbocycles. The van der Waals surface area contributed by atoms with E-state index in [9.17, 15) is 4.79 Å². The van der Waals surface area contributed by atoms with Crippen LogP contribution in [0.4, 0.5) is 5.69 Å². The van der Waals surface area contributed by atoms with Crippen LogP contribution >= 0.6 is 23.6 Å². The van der Waals surface area contributed by atoms with E-state index in [-0.39, 0.29) is 11.0 Å². The van der Waals surface area contributed by atoms with Crippen LogP contribution in [0.1, 0.15) is 10.4 Å². The van der Waals surface area contributed by atoms with E-state index in [2.05, 4.69) is 10.6 Å². The van der Waals surface area contributed by atoms with Gasteiger partial charge in [-0.05, 0) is 60.7 Å². The van der Waals surface area contributed by atoms with Crippen LogP contribution in [0, 0.1) is 0 Å². The molecule has 1 aromatic heterocycles. The van der Waals surface area contributed by atoms with Crippen molar-refractivity contribution in [1.29, 1.82) is 0 Å². The zero-order valence-corrected chi connectivity index (χ0v) is 19.2. The smallest absolute Gasteiger partial charge is 0.257 e. The molecule has 1 aliphatic rings. The summed E-state index contributed by atoms with van der Waals surface area (Å²) in [5.41, 5.74) is 2.91. The van der Waals surface area contributed by atoms with Crippen molar-refractivity contribution in [2.75, 3.05) is 25.6 Å². The number of hydrogen-bond acceptors (Lipinski definition) is 7. The summed E-state index contributed by atoms with van der Waals surface area (Å²) in [7, 11) is 1.58. The van der Waals surface area contributed by atoms with Crippen molar-refractivity contribution in [2.24, 2.45) is 0 Å². The Kier molecular flexibility index (Phi) is 5.80. The molecule has 0 bridgehead atoms. The fourth-order valence-electron chi connectivity index (χ4n) is 3.45. The van der Waals surface area contributed by atoms with Crippen molar-refractivity contribution in [2.45, 2.75) is 0 Å². The second-order valence-electron chi connectivity index (χ2n) is 7.17. The van der Waals surface area contributed by atoms with Gasteiger partial charge in [0.05, 0.1) is 23.0 Å². The number of nitrogens with one attached hydrogen (secondary N) is 2. The van der Waals surface area contributed by atoms with Crippen molar-refractivity contribution in [3.05, 3.63) is 66.2 Å². The van der Waals surface area contributed by atoms with E-state index >= 15 is 0 Å². The van der Waals surface area contributed by atoms with Crippen LogP contribution in [-0.2, 0) is 0 Å². The summed E-state index contributed by atoms with van der Waals surface area (Å²) in [6.45, 7) is 0.938. The molecule has 0 spiro atoms. The van der Waals surface area contributed by atoms with Crippen LogP contribution in [-0.4, -0.2) is 36.3 Å². The van der Waals surface area contributed by atoms with Gasteiger partial charge in [0, 0.05) is 11.1 Å². The van der Waals surface area contributed by atoms with E-state index in [0.717, 1.165) is 20.8 Å². The highest BCUT2D eigenvalue weighted by atomic mass is 32.1. The lowest BCUT2D eigenvalue weighted by Gasteiger charge is -2.19. The molecule has 0 aliphatic carbocycles. The lowest BCUT2D eigenvalue weighted by atomic mass is 10.2. The molecule has 166 valence electrons. The van der Waals surface area contributed by atoms with Crippen molar-refractivity contribution >= 4 is 50.5 Å². The molecule has 4 aromatic rings. The Hall–Kier alpha value is -3.69. The maximum atomic E-state index is 12.7. The summed E-state index contributed by atoms with van der Waals surface area (Å²) in [6, 6.07) is 18.7. The zero-order chi connectivity index (χ0) is 22.8. The number of carbonyl (C=O) groups is 1. The maximum Gasteiger partial charge on any atom is 0.257 e. The van der Waals surface area contributed by atoms with Crippen molar-refractivity contribution in [1.82, 2.24) is 10.3 Å². The van der Waals surface area contributed by atoms with Crippen LogP contribution in [0.3, 0.4) is 0 Å². The average Bonchev–Trinajstić information content (AvgIpc) is 3.28. The Morgan fingerprint density at radius 2 is 1.88 bits per heavy atom. The highest BCUT2D eigenvalue weighted by Crippen LogP contribution is 2.35. The van der Waals surface area contributed by atoms with Gasteiger partial charge < -0.3 is 19.5 Å². The second-order valence-corrected chi connectivity index (χ2v) is 8.61. The number of benzene rings is 3. The normalized spacial score (nSPS) is 12.3. The molecule has 0 fully saturated rings. The summed E-state index contributed by atoms with van der Waals surface area (Å²) in [5.74, 6) is 1.40. The number of fused-ring (bicyclic) bond motifs is 2. The van der Waals surface area contributed by atoms with Gasteiger partial charge in [0.15, 0.2) is 16.6 Å². The Bertz CT molecular complexity index is 1340. The molecule has 1 aliphatic heterocycles. The lowest BCUT2D eigenvalue weighted by Crippen LogP contribution is -2.34. The lowest BCUT2D eigenvalue weighted by molar-refractivity contribution is 0.0976. The SMILES string of the molecule is COc1ccc(-c2nc3ccccc3s2)cc1NC(=S)NC(=O)c1ccc2c(c1)OCCO2. The largest absolute Gasteiger partial charge is 0.495 e. The van der Waals surface area contributed by atoms with E-state index in [4.69, 9.17) is 31.4 Å². The number of anilines is 1. The van der Waals surface area contributed by atoms with E-state index < -0.39 is 0 Å². The van der Waals surface area contributed by atoms with Crippen LogP contribution in [0.15, 0.2) is 60.7 Å². The number of ether oxygens (including phenoxy) is 3. The molecule has 0 saturated heterocycles. The number of thiazole rings is 1. The third-order valence-corrected chi connectivity index (χ3v) is 6.31. The van der Waals surface area contributed by atoms with Gasteiger partial charge in [0.25, 0.3) is 5.91 Å². The van der Waals surface area contributed by atoms with Gasteiger partial charge in [-0.3, -0.25) is 10.1 Å². The number of hydrogen-bond donors (Lipinski definition) is 2. The molecule has 0 atom stereocenters. The highest BCUT2D eigenvalue weighted by molar-refractivity contribution is 7.80. The van der Waals surface area contributed by atoms with Gasteiger partial charge in [0.1, 0.15) is 24.0 Å². The van der Waals surface area contributed by atoms with E-state index in [1.807, 2.05) is 42.5 Å². The summed E-state index contributed by atoms with van der Waals surface area (Å²) >= 11 is 6.99. The first-order chi connectivity index (χ1) is 16.1. The van der Waals surface area contributed by atoms with Crippen LogP contribution in [0.2, 0.25) is 0 Å². The number of nitrogens with zero attached hydrogens (tertiary/aromatic N) is 1. The number of aromatic nitrogens is 1. The third kappa shape index (κ3) is 4.46. The van der Waals surface area contributed by atoms with Gasteiger partial charge in [-0.15, -0.1) is 11.3 Å². The molecule has 2 heterocycles. The average molecular weight is 478 g/mol. The molecule has 0 radical (unpaired) electrons. The summed E-state index contributed by atoms with van der Waals surface area (Å²) in [5, 5.41) is 6.79. The van der Waals surface area contributed by atoms with Crippen molar-refractivity contribution < 1.29 is 19.0 Å². The fourth-order valence-corrected chi connectivity index (χ4v) is 4.61. The monoisotopic (exact) mass is 477 g/mol. The minimum Gasteiger partial charge on any atom is -0.495 e. The first-order valence-electron chi connectivity index (χ1n) is 10.2. The first-order valence-corrected chi connectivity index (χ1v) is 11.4. The summed E-state index contributed by atoms with van der Waals surface area (Å²) in [6.07, 6.45) is 0. The number of carbonyl (C=O) groups excluding carboxylic acids is 1. The second kappa shape index (κ2) is 9.05. The Morgan fingerprint density at radius 1 is 1.06 bits per heavy atom.